The van der Waals surface area contributed by atoms with Gasteiger partial charge in [-0.15, -0.1) is 0 Å². The Morgan fingerprint density at radius 1 is 1.00 bits per heavy atom. The molecule has 1 heterocycles. The number of anilines is 3. The van der Waals surface area contributed by atoms with Crippen molar-refractivity contribution in [3.8, 4) is 11.5 Å². The van der Waals surface area contributed by atoms with Gasteiger partial charge >= 0.3 is 0 Å². The van der Waals surface area contributed by atoms with Crippen LogP contribution in [0.3, 0.4) is 0 Å². The van der Waals surface area contributed by atoms with Gasteiger partial charge in [0.2, 0.25) is 5.95 Å². The standard InChI is InChI=1S/C19H17ClN4O3/c1-26-15-5-3-4-13(8-15)24-19-21-10-12(11-22-19)18(25)23-14-6-7-17(27-2)16(20)9-14/h3-11H,1-2H3,(H,23,25)(H,21,22,24). The number of hydrogen-bond donors (Lipinski definition) is 2. The van der Waals surface area contributed by atoms with Crippen molar-refractivity contribution in [3.63, 3.8) is 0 Å². The number of amides is 1. The highest BCUT2D eigenvalue weighted by Gasteiger charge is 2.10. The number of nitrogens with zero attached hydrogens (tertiary/aromatic N) is 2. The van der Waals surface area contributed by atoms with Gasteiger partial charge in [-0.05, 0) is 30.3 Å². The number of methoxy groups -OCH3 is 2. The van der Waals surface area contributed by atoms with Crippen LogP contribution in [0.25, 0.3) is 0 Å². The molecule has 0 aliphatic heterocycles. The summed E-state index contributed by atoms with van der Waals surface area (Å²) in [5, 5.41) is 6.19. The molecule has 8 heteroatoms. The molecule has 0 atom stereocenters. The SMILES string of the molecule is COc1cccc(Nc2ncc(C(=O)Nc3ccc(OC)c(Cl)c3)cn2)c1. The van der Waals surface area contributed by atoms with E-state index in [0.29, 0.717) is 33.7 Å². The maximum absolute atomic E-state index is 12.3. The lowest BCUT2D eigenvalue weighted by molar-refractivity contribution is 0.102. The van der Waals surface area contributed by atoms with Gasteiger partial charge in [0.1, 0.15) is 11.5 Å². The van der Waals surface area contributed by atoms with Gasteiger partial charge < -0.3 is 20.1 Å². The molecular weight excluding hydrogens is 368 g/mol. The molecule has 0 spiro atoms. The van der Waals surface area contributed by atoms with Crippen LogP contribution < -0.4 is 20.1 Å². The summed E-state index contributed by atoms with van der Waals surface area (Å²) < 4.78 is 10.3. The quantitative estimate of drug-likeness (QED) is 0.664. The van der Waals surface area contributed by atoms with E-state index in [4.69, 9.17) is 21.1 Å². The first-order valence-corrected chi connectivity index (χ1v) is 8.35. The largest absolute Gasteiger partial charge is 0.497 e. The van der Waals surface area contributed by atoms with Crippen molar-refractivity contribution < 1.29 is 14.3 Å². The summed E-state index contributed by atoms with van der Waals surface area (Å²) in [4.78, 5) is 20.7. The molecule has 0 unspecified atom stereocenters. The van der Waals surface area contributed by atoms with Gasteiger partial charge in [0.25, 0.3) is 5.91 Å². The second-order valence-electron chi connectivity index (χ2n) is 5.46. The number of carbonyl (C=O) groups excluding carboxylic acids is 1. The van der Waals surface area contributed by atoms with Crippen LogP contribution in [0.15, 0.2) is 54.9 Å². The van der Waals surface area contributed by atoms with Crippen molar-refractivity contribution in [3.05, 3.63) is 65.4 Å². The Labute approximate surface area is 161 Å². The Hall–Kier alpha value is -3.32. The number of ether oxygens (including phenoxy) is 2. The fourth-order valence-electron chi connectivity index (χ4n) is 2.29. The minimum absolute atomic E-state index is 0.318. The molecule has 1 amide bonds. The molecule has 7 nitrogen and oxygen atoms in total. The summed E-state index contributed by atoms with van der Waals surface area (Å²) in [5.74, 6) is 1.27. The maximum Gasteiger partial charge on any atom is 0.258 e. The minimum atomic E-state index is -0.343. The second kappa shape index (κ2) is 8.37. The summed E-state index contributed by atoms with van der Waals surface area (Å²) in [5.41, 5.74) is 1.64. The fourth-order valence-corrected chi connectivity index (χ4v) is 2.54. The van der Waals surface area contributed by atoms with Crippen molar-refractivity contribution in [2.24, 2.45) is 0 Å². The zero-order chi connectivity index (χ0) is 19.2. The van der Waals surface area contributed by atoms with Crippen LogP contribution in [0.2, 0.25) is 5.02 Å². The van der Waals surface area contributed by atoms with Crippen LogP contribution in [0, 0.1) is 0 Å². The van der Waals surface area contributed by atoms with Gasteiger partial charge in [0.05, 0.1) is 24.8 Å². The van der Waals surface area contributed by atoms with Gasteiger partial charge in [0.15, 0.2) is 0 Å². The van der Waals surface area contributed by atoms with E-state index < -0.39 is 0 Å². The first kappa shape index (κ1) is 18.5. The molecule has 3 aromatic rings. The monoisotopic (exact) mass is 384 g/mol. The molecule has 0 aliphatic carbocycles. The van der Waals surface area contributed by atoms with E-state index in [0.717, 1.165) is 5.69 Å². The Morgan fingerprint density at radius 2 is 1.78 bits per heavy atom. The highest BCUT2D eigenvalue weighted by molar-refractivity contribution is 6.32. The molecule has 0 aliphatic rings. The Balaban J connectivity index is 1.67. The van der Waals surface area contributed by atoms with Crippen molar-refractivity contribution in [1.29, 1.82) is 0 Å². The number of aromatic nitrogens is 2. The van der Waals surface area contributed by atoms with Gasteiger partial charge in [-0.3, -0.25) is 4.79 Å². The van der Waals surface area contributed by atoms with E-state index in [1.165, 1.54) is 19.5 Å². The first-order chi connectivity index (χ1) is 13.1. The summed E-state index contributed by atoms with van der Waals surface area (Å²) in [7, 11) is 3.12. The number of nitrogens with one attached hydrogen (secondary N) is 2. The number of carbonyl (C=O) groups is 1. The number of rotatable bonds is 6. The maximum atomic E-state index is 12.3. The lowest BCUT2D eigenvalue weighted by Crippen LogP contribution is -2.13. The Kier molecular flexibility index (Phi) is 5.73. The topological polar surface area (TPSA) is 85.4 Å². The number of halogens is 1. The third-order valence-corrected chi connectivity index (χ3v) is 3.94. The Bertz CT molecular complexity index is 948. The van der Waals surface area contributed by atoms with Gasteiger partial charge in [-0.25, -0.2) is 9.97 Å². The normalized spacial score (nSPS) is 10.2. The van der Waals surface area contributed by atoms with E-state index in [1.54, 1.807) is 25.3 Å². The predicted molar refractivity (Wildman–Crippen MR) is 104 cm³/mol. The zero-order valence-corrected chi connectivity index (χ0v) is 15.4. The highest BCUT2D eigenvalue weighted by Crippen LogP contribution is 2.27. The van der Waals surface area contributed by atoms with E-state index >= 15 is 0 Å². The molecule has 0 bridgehead atoms. The van der Waals surface area contributed by atoms with E-state index in [1.807, 2.05) is 24.3 Å². The predicted octanol–water partition coefficient (Wildman–Crippen LogP) is 4.14. The van der Waals surface area contributed by atoms with E-state index in [2.05, 4.69) is 20.6 Å². The van der Waals surface area contributed by atoms with Crippen LogP contribution in [0.5, 0.6) is 11.5 Å². The lowest BCUT2D eigenvalue weighted by Gasteiger charge is -2.09. The number of benzene rings is 2. The third kappa shape index (κ3) is 4.65. The van der Waals surface area contributed by atoms with Crippen LogP contribution in [-0.2, 0) is 0 Å². The van der Waals surface area contributed by atoms with E-state index in [9.17, 15) is 4.79 Å². The van der Waals surface area contributed by atoms with Gasteiger partial charge in [0, 0.05) is 29.8 Å². The van der Waals surface area contributed by atoms with Crippen molar-refractivity contribution in [2.45, 2.75) is 0 Å². The van der Waals surface area contributed by atoms with Gasteiger partial charge in [-0.2, -0.15) is 0 Å². The molecule has 0 radical (unpaired) electrons. The van der Waals surface area contributed by atoms with Crippen LogP contribution in [-0.4, -0.2) is 30.1 Å². The molecule has 27 heavy (non-hydrogen) atoms. The minimum Gasteiger partial charge on any atom is -0.497 e. The summed E-state index contributed by atoms with van der Waals surface area (Å²) >= 11 is 6.06. The molecule has 1 aromatic heterocycles. The summed E-state index contributed by atoms with van der Waals surface area (Å²) in [6.45, 7) is 0. The Morgan fingerprint density at radius 3 is 2.44 bits per heavy atom. The number of hydrogen-bond acceptors (Lipinski definition) is 6. The van der Waals surface area contributed by atoms with Gasteiger partial charge in [-0.1, -0.05) is 17.7 Å². The van der Waals surface area contributed by atoms with Crippen molar-refractivity contribution in [1.82, 2.24) is 9.97 Å². The van der Waals surface area contributed by atoms with Crippen LogP contribution in [0.4, 0.5) is 17.3 Å². The fraction of sp³-hybridized carbons (Fsp3) is 0.105. The average molecular weight is 385 g/mol. The van der Waals surface area contributed by atoms with Crippen molar-refractivity contribution >= 4 is 34.8 Å². The van der Waals surface area contributed by atoms with Crippen LogP contribution in [0.1, 0.15) is 10.4 Å². The molecule has 3 rings (SSSR count). The average Bonchev–Trinajstić information content (AvgIpc) is 2.69. The molecule has 138 valence electrons. The third-order valence-electron chi connectivity index (χ3n) is 3.65. The molecular formula is C19H17ClN4O3. The lowest BCUT2D eigenvalue weighted by atomic mass is 10.2. The molecule has 0 saturated carbocycles. The molecule has 2 aromatic carbocycles. The summed E-state index contributed by atoms with van der Waals surface area (Å²) in [6, 6.07) is 12.3. The van der Waals surface area contributed by atoms with Crippen LogP contribution >= 0.6 is 11.6 Å². The first-order valence-electron chi connectivity index (χ1n) is 7.97. The molecule has 0 saturated heterocycles. The van der Waals surface area contributed by atoms with E-state index in [-0.39, 0.29) is 5.91 Å². The second-order valence-corrected chi connectivity index (χ2v) is 5.86. The van der Waals surface area contributed by atoms with Crippen molar-refractivity contribution in [2.75, 3.05) is 24.9 Å². The summed E-state index contributed by atoms with van der Waals surface area (Å²) in [6.07, 6.45) is 2.88. The highest BCUT2D eigenvalue weighted by atomic mass is 35.5. The molecule has 2 N–H and O–H groups in total. The molecule has 0 fully saturated rings. The smallest absolute Gasteiger partial charge is 0.258 e. The zero-order valence-electron chi connectivity index (χ0n) is 14.7.